The highest BCUT2D eigenvalue weighted by atomic mass is 16.2. The summed E-state index contributed by atoms with van der Waals surface area (Å²) in [6.07, 6.45) is 2.16. The molecule has 0 N–H and O–H groups in total. The average Bonchev–Trinajstić information content (AvgIpc) is 2.74. The molecule has 1 amide bonds. The maximum atomic E-state index is 11.6. The van der Waals surface area contributed by atoms with E-state index in [1.165, 1.54) is 4.90 Å². The van der Waals surface area contributed by atoms with Crippen molar-refractivity contribution in [3.63, 3.8) is 0 Å². The van der Waals surface area contributed by atoms with Crippen molar-refractivity contribution in [2.45, 2.75) is 45.6 Å². The number of hydrogen-bond donors (Lipinski definition) is 0. The fraction of sp³-hybridized carbons (Fsp3) is 0.727. The van der Waals surface area contributed by atoms with Crippen molar-refractivity contribution in [3.05, 3.63) is 0 Å². The lowest BCUT2D eigenvalue weighted by molar-refractivity contribution is -0.146. The first kappa shape index (κ1) is 11.9. The van der Waals surface area contributed by atoms with Gasteiger partial charge in [0, 0.05) is 19.4 Å². The highest BCUT2D eigenvalue weighted by molar-refractivity contribution is 6.36. The first-order chi connectivity index (χ1) is 7.11. The summed E-state index contributed by atoms with van der Waals surface area (Å²) in [5.74, 6) is -0.822. The minimum absolute atomic E-state index is 0.0600. The Bertz CT molecular complexity index is 286. The van der Waals surface area contributed by atoms with Crippen LogP contribution in [-0.2, 0) is 14.4 Å². The van der Waals surface area contributed by atoms with Gasteiger partial charge in [-0.15, -0.1) is 0 Å². The Labute approximate surface area is 89.6 Å². The third-order valence-electron chi connectivity index (χ3n) is 2.79. The van der Waals surface area contributed by atoms with E-state index in [-0.39, 0.29) is 18.2 Å². The lowest BCUT2D eigenvalue weighted by atomic mass is 10.1. The molecule has 84 valence electrons. The zero-order valence-electron chi connectivity index (χ0n) is 9.28. The molecule has 4 nitrogen and oxygen atoms in total. The van der Waals surface area contributed by atoms with Crippen molar-refractivity contribution in [1.82, 2.24) is 4.90 Å². The van der Waals surface area contributed by atoms with Crippen LogP contribution in [0.3, 0.4) is 0 Å². The Morgan fingerprint density at radius 3 is 2.40 bits per heavy atom. The topological polar surface area (TPSA) is 54.5 Å². The quantitative estimate of drug-likeness (QED) is 0.650. The summed E-state index contributed by atoms with van der Waals surface area (Å²) >= 11 is 0. The average molecular weight is 211 g/mol. The molecule has 0 radical (unpaired) electrons. The van der Waals surface area contributed by atoms with Crippen molar-refractivity contribution in [1.29, 1.82) is 0 Å². The van der Waals surface area contributed by atoms with Crippen molar-refractivity contribution >= 4 is 17.5 Å². The number of rotatable bonds is 4. The van der Waals surface area contributed by atoms with E-state index in [0.717, 1.165) is 6.42 Å². The van der Waals surface area contributed by atoms with Gasteiger partial charge in [0.2, 0.25) is 5.78 Å². The van der Waals surface area contributed by atoms with Crippen LogP contribution in [0, 0.1) is 0 Å². The number of carbonyl (C=O) groups is 3. The molecule has 0 aromatic heterocycles. The molecule has 0 spiro atoms. The number of nitrogens with zero attached hydrogens (tertiary/aromatic N) is 1. The highest BCUT2D eigenvalue weighted by Gasteiger charge is 2.34. The van der Waals surface area contributed by atoms with E-state index in [0.29, 0.717) is 19.4 Å². The van der Waals surface area contributed by atoms with E-state index < -0.39 is 11.7 Å². The Balaban J connectivity index is 2.72. The van der Waals surface area contributed by atoms with E-state index in [1.54, 1.807) is 13.8 Å². The summed E-state index contributed by atoms with van der Waals surface area (Å²) in [6, 6.07) is -0.349. The summed E-state index contributed by atoms with van der Waals surface area (Å²) in [7, 11) is 0. The van der Waals surface area contributed by atoms with Gasteiger partial charge in [-0.2, -0.15) is 0 Å². The normalized spacial score (nSPS) is 20.4. The van der Waals surface area contributed by atoms with Crippen molar-refractivity contribution < 1.29 is 14.4 Å². The van der Waals surface area contributed by atoms with E-state index in [9.17, 15) is 14.4 Å². The monoisotopic (exact) mass is 211 g/mol. The van der Waals surface area contributed by atoms with Crippen LogP contribution in [0.2, 0.25) is 0 Å². The van der Waals surface area contributed by atoms with Gasteiger partial charge in [0.25, 0.3) is 5.91 Å². The van der Waals surface area contributed by atoms with Crippen LogP contribution in [0.4, 0.5) is 0 Å². The van der Waals surface area contributed by atoms with Gasteiger partial charge in [-0.1, -0.05) is 13.8 Å². The molecular formula is C11H17NO3. The second kappa shape index (κ2) is 5.05. The van der Waals surface area contributed by atoms with Crippen LogP contribution >= 0.6 is 0 Å². The molecule has 1 aliphatic heterocycles. The van der Waals surface area contributed by atoms with Crippen LogP contribution in [0.15, 0.2) is 0 Å². The summed E-state index contributed by atoms with van der Waals surface area (Å²) in [5, 5.41) is 0. The standard InChI is InChI=1S/C11H17NO3/c1-3-9(13)8-6-5-7-12(8)11(15)10(14)4-2/h8H,3-7H2,1-2H3. The van der Waals surface area contributed by atoms with Gasteiger partial charge in [-0.3, -0.25) is 14.4 Å². The summed E-state index contributed by atoms with van der Waals surface area (Å²) in [6.45, 7) is 3.99. The summed E-state index contributed by atoms with van der Waals surface area (Å²) in [4.78, 5) is 35.9. The van der Waals surface area contributed by atoms with E-state index in [2.05, 4.69) is 0 Å². The van der Waals surface area contributed by atoms with Gasteiger partial charge >= 0.3 is 0 Å². The zero-order chi connectivity index (χ0) is 11.4. The Morgan fingerprint density at radius 2 is 1.87 bits per heavy atom. The van der Waals surface area contributed by atoms with Gasteiger partial charge in [-0.25, -0.2) is 0 Å². The molecule has 0 aromatic carbocycles. The first-order valence-corrected chi connectivity index (χ1v) is 5.48. The minimum atomic E-state index is -0.484. The van der Waals surface area contributed by atoms with Crippen molar-refractivity contribution in [2.75, 3.05) is 6.54 Å². The first-order valence-electron chi connectivity index (χ1n) is 5.48. The molecule has 1 aliphatic rings. The number of carbonyl (C=O) groups excluding carboxylic acids is 3. The smallest absolute Gasteiger partial charge is 0.290 e. The van der Waals surface area contributed by atoms with Crippen LogP contribution in [0.5, 0.6) is 0 Å². The number of Topliss-reactive ketones (excluding diaryl/α,β-unsaturated/α-hetero) is 2. The van der Waals surface area contributed by atoms with E-state index >= 15 is 0 Å². The lowest BCUT2D eigenvalue weighted by Crippen LogP contribution is -2.43. The molecule has 15 heavy (non-hydrogen) atoms. The molecule has 1 saturated heterocycles. The molecule has 0 bridgehead atoms. The number of hydrogen-bond acceptors (Lipinski definition) is 3. The number of amides is 1. The highest BCUT2D eigenvalue weighted by Crippen LogP contribution is 2.19. The molecule has 0 aliphatic carbocycles. The fourth-order valence-electron chi connectivity index (χ4n) is 1.89. The third kappa shape index (κ3) is 2.43. The van der Waals surface area contributed by atoms with Crippen LogP contribution in [0.1, 0.15) is 39.5 Å². The molecule has 4 heteroatoms. The van der Waals surface area contributed by atoms with Crippen LogP contribution in [0.25, 0.3) is 0 Å². The molecule has 1 rings (SSSR count). The molecule has 0 saturated carbocycles. The van der Waals surface area contributed by atoms with Crippen LogP contribution < -0.4 is 0 Å². The predicted octanol–water partition coefficient (Wildman–Crippen LogP) is 0.936. The SMILES string of the molecule is CCC(=O)C(=O)N1CCCC1C(=O)CC. The fourth-order valence-corrected chi connectivity index (χ4v) is 1.89. The molecule has 1 heterocycles. The summed E-state index contributed by atoms with van der Waals surface area (Å²) < 4.78 is 0. The lowest BCUT2D eigenvalue weighted by Gasteiger charge is -2.22. The number of ketones is 2. The van der Waals surface area contributed by atoms with Gasteiger partial charge in [0.1, 0.15) is 0 Å². The molecule has 1 fully saturated rings. The van der Waals surface area contributed by atoms with Gasteiger partial charge in [-0.05, 0) is 12.8 Å². The third-order valence-corrected chi connectivity index (χ3v) is 2.79. The van der Waals surface area contributed by atoms with E-state index in [4.69, 9.17) is 0 Å². The van der Waals surface area contributed by atoms with Crippen LogP contribution in [-0.4, -0.2) is 35.0 Å². The molecule has 1 unspecified atom stereocenters. The van der Waals surface area contributed by atoms with Crippen molar-refractivity contribution in [2.24, 2.45) is 0 Å². The molecule has 0 aromatic rings. The Hall–Kier alpha value is -1.19. The van der Waals surface area contributed by atoms with E-state index in [1.807, 2.05) is 0 Å². The number of likely N-dealkylation sites (tertiary alicyclic amines) is 1. The predicted molar refractivity (Wildman–Crippen MR) is 55.3 cm³/mol. The van der Waals surface area contributed by atoms with Crippen molar-refractivity contribution in [3.8, 4) is 0 Å². The Morgan fingerprint density at radius 1 is 1.20 bits per heavy atom. The molecular weight excluding hydrogens is 194 g/mol. The van der Waals surface area contributed by atoms with Gasteiger partial charge < -0.3 is 4.90 Å². The zero-order valence-corrected chi connectivity index (χ0v) is 9.28. The molecule has 1 atom stereocenters. The minimum Gasteiger partial charge on any atom is -0.326 e. The maximum Gasteiger partial charge on any atom is 0.290 e. The largest absolute Gasteiger partial charge is 0.326 e. The second-order valence-corrected chi connectivity index (χ2v) is 3.75. The van der Waals surface area contributed by atoms with Gasteiger partial charge in [0.15, 0.2) is 5.78 Å². The maximum absolute atomic E-state index is 11.6. The summed E-state index contributed by atoms with van der Waals surface area (Å²) in [5.41, 5.74) is 0. The second-order valence-electron chi connectivity index (χ2n) is 3.75. The van der Waals surface area contributed by atoms with Gasteiger partial charge in [0.05, 0.1) is 6.04 Å². The Kier molecular flexibility index (Phi) is 4.00.